The highest BCUT2D eigenvalue weighted by Gasteiger charge is 2.08. The van der Waals surface area contributed by atoms with Crippen LogP contribution >= 0.6 is 11.8 Å². The first-order valence-electron chi connectivity index (χ1n) is 6.88. The molecule has 1 rings (SSSR count). The number of hydrogen-bond acceptors (Lipinski definition) is 5. The fraction of sp³-hybridized carbons (Fsp3) is 0.714. The third kappa shape index (κ3) is 6.66. The van der Waals surface area contributed by atoms with Crippen LogP contribution in [0.4, 0.5) is 5.95 Å². The average Bonchev–Trinajstić information content (AvgIpc) is 2.27. The van der Waals surface area contributed by atoms with Crippen LogP contribution in [0.2, 0.25) is 0 Å². The van der Waals surface area contributed by atoms with Gasteiger partial charge in [0.05, 0.1) is 6.10 Å². The number of thioether (sulfide) groups is 1. The lowest BCUT2D eigenvalue weighted by Gasteiger charge is -2.15. The quantitative estimate of drug-likeness (QED) is 0.740. The second-order valence-electron chi connectivity index (χ2n) is 4.87. The second kappa shape index (κ2) is 8.25. The summed E-state index contributed by atoms with van der Waals surface area (Å²) in [6.07, 6.45) is 1.23. The standard InChI is InChI=1S/C14H25N3OS/c1-6-19-8-7-11(4)15-14-16-12(5)9-13(17-14)18-10(2)3/h9-11H,6-8H2,1-5H3,(H,15,16,17). The zero-order valence-electron chi connectivity index (χ0n) is 12.6. The smallest absolute Gasteiger partial charge is 0.226 e. The molecule has 0 fully saturated rings. The molecule has 0 aliphatic carbocycles. The van der Waals surface area contributed by atoms with Crippen LogP contribution in [0.1, 0.15) is 39.8 Å². The van der Waals surface area contributed by atoms with E-state index in [1.807, 2.05) is 38.6 Å². The first-order chi connectivity index (χ1) is 9.01. The van der Waals surface area contributed by atoms with Gasteiger partial charge in [0.1, 0.15) is 0 Å². The Hall–Kier alpha value is -0.970. The molecule has 0 radical (unpaired) electrons. The summed E-state index contributed by atoms with van der Waals surface area (Å²) >= 11 is 1.96. The largest absolute Gasteiger partial charge is 0.475 e. The number of hydrogen-bond donors (Lipinski definition) is 1. The lowest BCUT2D eigenvalue weighted by atomic mass is 10.3. The van der Waals surface area contributed by atoms with Crippen molar-refractivity contribution in [3.8, 4) is 5.88 Å². The molecule has 1 heterocycles. The van der Waals surface area contributed by atoms with Gasteiger partial charge in [-0.3, -0.25) is 0 Å². The summed E-state index contributed by atoms with van der Waals surface area (Å²) in [5, 5.41) is 3.34. The van der Waals surface area contributed by atoms with E-state index in [9.17, 15) is 0 Å². The Morgan fingerprint density at radius 3 is 2.68 bits per heavy atom. The van der Waals surface area contributed by atoms with Gasteiger partial charge in [-0.1, -0.05) is 6.92 Å². The Kier molecular flexibility index (Phi) is 6.99. The highest BCUT2D eigenvalue weighted by atomic mass is 32.2. The Bertz CT molecular complexity index is 385. The van der Waals surface area contributed by atoms with Gasteiger partial charge in [0.25, 0.3) is 0 Å². The average molecular weight is 283 g/mol. The normalized spacial score (nSPS) is 12.5. The molecule has 0 saturated carbocycles. The molecular formula is C14H25N3OS. The van der Waals surface area contributed by atoms with E-state index < -0.39 is 0 Å². The first-order valence-corrected chi connectivity index (χ1v) is 8.03. The lowest BCUT2D eigenvalue weighted by Crippen LogP contribution is -2.19. The van der Waals surface area contributed by atoms with Gasteiger partial charge in [0.2, 0.25) is 11.8 Å². The van der Waals surface area contributed by atoms with Gasteiger partial charge in [-0.05, 0) is 45.6 Å². The summed E-state index contributed by atoms with van der Waals surface area (Å²) in [5.74, 6) is 3.62. The summed E-state index contributed by atoms with van der Waals surface area (Å²) in [7, 11) is 0. The van der Waals surface area contributed by atoms with Gasteiger partial charge in [0, 0.05) is 17.8 Å². The summed E-state index contributed by atoms with van der Waals surface area (Å²) in [5.41, 5.74) is 0.920. The number of rotatable bonds is 8. The van der Waals surface area contributed by atoms with Crippen LogP contribution in [0, 0.1) is 6.92 Å². The summed E-state index contributed by atoms with van der Waals surface area (Å²) < 4.78 is 5.62. The zero-order chi connectivity index (χ0) is 14.3. The van der Waals surface area contributed by atoms with Crippen molar-refractivity contribution in [2.45, 2.75) is 53.2 Å². The molecule has 108 valence electrons. The highest BCUT2D eigenvalue weighted by Crippen LogP contribution is 2.15. The Morgan fingerprint density at radius 2 is 2.05 bits per heavy atom. The molecule has 1 unspecified atom stereocenters. The number of anilines is 1. The van der Waals surface area contributed by atoms with Crippen molar-refractivity contribution in [3.63, 3.8) is 0 Å². The predicted molar refractivity (Wildman–Crippen MR) is 83.2 cm³/mol. The fourth-order valence-corrected chi connectivity index (χ4v) is 2.41. The molecule has 1 aromatic rings. The molecule has 0 saturated heterocycles. The third-order valence-electron chi connectivity index (χ3n) is 2.46. The molecular weight excluding hydrogens is 258 g/mol. The number of aryl methyl sites for hydroxylation is 1. The van der Waals surface area contributed by atoms with E-state index >= 15 is 0 Å². The van der Waals surface area contributed by atoms with E-state index in [2.05, 4.69) is 29.1 Å². The van der Waals surface area contributed by atoms with Crippen LogP contribution in [0.15, 0.2) is 6.07 Å². The second-order valence-corrected chi connectivity index (χ2v) is 6.26. The Labute approximate surface area is 120 Å². The van der Waals surface area contributed by atoms with Crippen LogP contribution in [0.25, 0.3) is 0 Å². The SMILES string of the molecule is CCSCCC(C)Nc1nc(C)cc(OC(C)C)n1. The van der Waals surface area contributed by atoms with Crippen molar-refractivity contribution >= 4 is 17.7 Å². The van der Waals surface area contributed by atoms with Gasteiger partial charge in [0.15, 0.2) is 0 Å². The van der Waals surface area contributed by atoms with Crippen LogP contribution in [0.3, 0.4) is 0 Å². The first kappa shape index (κ1) is 16.1. The van der Waals surface area contributed by atoms with E-state index in [1.54, 1.807) is 0 Å². The highest BCUT2D eigenvalue weighted by molar-refractivity contribution is 7.99. The molecule has 0 spiro atoms. The van der Waals surface area contributed by atoms with Crippen molar-refractivity contribution in [1.29, 1.82) is 0 Å². The van der Waals surface area contributed by atoms with Crippen molar-refractivity contribution in [1.82, 2.24) is 9.97 Å². The molecule has 0 bridgehead atoms. The van der Waals surface area contributed by atoms with Crippen LogP contribution < -0.4 is 10.1 Å². The predicted octanol–water partition coefficient (Wildman–Crippen LogP) is 3.52. The van der Waals surface area contributed by atoms with Crippen molar-refractivity contribution in [2.24, 2.45) is 0 Å². The van der Waals surface area contributed by atoms with Crippen molar-refractivity contribution in [3.05, 3.63) is 11.8 Å². The van der Waals surface area contributed by atoms with Crippen LogP contribution in [-0.2, 0) is 0 Å². The minimum Gasteiger partial charge on any atom is -0.475 e. The third-order valence-corrected chi connectivity index (χ3v) is 3.39. The van der Waals surface area contributed by atoms with Gasteiger partial charge in [-0.25, -0.2) is 4.98 Å². The molecule has 1 aromatic heterocycles. The summed E-state index contributed by atoms with van der Waals surface area (Å²) in [6, 6.07) is 2.23. The minimum absolute atomic E-state index is 0.125. The van der Waals surface area contributed by atoms with Crippen molar-refractivity contribution in [2.75, 3.05) is 16.8 Å². The summed E-state index contributed by atoms with van der Waals surface area (Å²) in [6.45, 7) is 10.3. The molecule has 0 aliphatic heterocycles. The Balaban J connectivity index is 2.59. The van der Waals surface area contributed by atoms with Crippen LogP contribution in [-0.4, -0.2) is 33.6 Å². The van der Waals surface area contributed by atoms with Gasteiger partial charge >= 0.3 is 0 Å². The van der Waals surface area contributed by atoms with Gasteiger partial charge < -0.3 is 10.1 Å². The fourth-order valence-electron chi connectivity index (χ4n) is 1.60. The number of aromatic nitrogens is 2. The maximum absolute atomic E-state index is 5.62. The molecule has 1 N–H and O–H groups in total. The summed E-state index contributed by atoms with van der Waals surface area (Å²) in [4.78, 5) is 8.79. The van der Waals surface area contributed by atoms with E-state index in [-0.39, 0.29) is 6.10 Å². The number of nitrogens with one attached hydrogen (secondary N) is 1. The van der Waals surface area contributed by atoms with Crippen LogP contribution in [0.5, 0.6) is 5.88 Å². The number of ether oxygens (including phenoxy) is 1. The monoisotopic (exact) mass is 283 g/mol. The Morgan fingerprint density at radius 1 is 1.32 bits per heavy atom. The maximum atomic E-state index is 5.62. The van der Waals surface area contributed by atoms with E-state index in [4.69, 9.17) is 4.74 Å². The van der Waals surface area contributed by atoms with E-state index in [0.29, 0.717) is 17.9 Å². The molecule has 5 heteroatoms. The molecule has 0 aromatic carbocycles. The van der Waals surface area contributed by atoms with E-state index in [0.717, 1.165) is 17.9 Å². The maximum Gasteiger partial charge on any atom is 0.226 e. The minimum atomic E-state index is 0.125. The number of nitrogens with zero attached hydrogens (tertiary/aromatic N) is 2. The topological polar surface area (TPSA) is 47.0 Å². The molecule has 0 amide bonds. The molecule has 19 heavy (non-hydrogen) atoms. The van der Waals surface area contributed by atoms with Gasteiger partial charge in [-0.15, -0.1) is 0 Å². The van der Waals surface area contributed by atoms with Crippen molar-refractivity contribution < 1.29 is 4.74 Å². The zero-order valence-corrected chi connectivity index (χ0v) is 13.4. The lowest BCUT2D eigenvalue weighted by molar-refractivity contribution is 0.232. The van der Waals surface area contributed by atoms with E-state index in [1.165, 1.54) is 5.75 Å². The van der Waals surface area contributed by atoms with Gasteiger partial charge in [-0.2, -0.15) is 16.7 Å². The molecule has 1 atom stereocenters. The molecule has 4 nitrogen and oxygen atoms in total. The molecule has 0 aliphatic rings.